The minimum Gasteiger partial charge on any atom is -0.438 e. The standard InChI is InChI=1S/C16H16ClNO2/c1-12(18(2)15-10-6-9-14(17)11-15)20-16(19)13-7-4-3-5-8-13/h3-12H,1-2H3. The zero-order chi connectivity index (χ0) is 14.5. The first-order valence-electron chi connectivity index (χ1n) is 6.32. The van der Waals surface area contributed by atoms with E-state index in [2.05, 4.69) is 0 Å². The summed E-state index contributed by atoms with van der Waals surface area (Å²) in [4.78, 5) is 13.8. The Kier molecular flexibility index (Phi) is 4.64. The first-order valence-corrected chi connectivity index (χ1v) is 6.70. The highest BCUT2D eigenvalue weighted by molar-refractivity contribution is 6.30. The quantitative estimate of drug-likeness (QED) is 0.630. The van der Waals surface area contributed by atoms with Crippen LogP contribution in [0.4, 0.5) is 5.69 Å². The summed E-state index contributed by atoms with van der Waals surface area (Å²) in [5.41, 5.74) is 1.43. The van der Waals surface area contributed by atoms with E-state index in [9.17, 15) is 4.79 Å². The van der Waals surface area contributed by atoms with E-state index in [0.29, 0.717) is 10.6 Å². The van der Waals surface area contributed by atoms with Gasteiger partial charge in [-0.05, 0) is 37.3 Å². The third-order valence-corrected chi connectivity index (χ3v) is 3.28. The first-order chi connectivity index (χ1) is 9.58. The summed E-state index contributed by atoms with van der Waals surface area (Å²) in [6.45, 7) is 1.82. The number of carbonyl (C=O) groups excluding carboxylic acids is 1. The van der Waals surface area contributed by atoms with E-state index in [0.717, 1.165) is 5.69 Å². The van der Waals surface area contributed by atoms with Crippen molar-refractivity contribution >= 4 is 23.3 Å². The van der Waals surface area contributed by atoms with Crippen molar-refractivity contribution in [3.8, 4) is 0 Å². The second-order valence-electron chi connectivity index (χ2n) is 4.46. The Morgan fingerprint density at radius 1 is 1.15 bits per heavy atom. The van der Waals surface area contributed by atoms with Crippen molar-refractivity contribution in [3.63, 3.8) is 0 Å². The van der Waals surface area contributed by atoms with Gasteiger partial charge in [-0.25, -0.2) is 4.79 Å². The van der Waals surface area contributed by atoms with Crippen LogP contribution in [0.5, 0.6) is 0 Å². The molecule has 0 heterocycles. The molecule has 0 aromatic heterocycles. The maximum atomic E-state index is 12.0. The Bertz CT molecular complexity index is 586. The predicted molar refractivity (Wildman–Crippen MR) is 81.2 cm³/mol. The Labute approximate surface area is 123 Å². The minimum atomic E-state index is -0.388. The lowest BCUT2D eigenvalue weighted by Gasteiger charge is -2.26. The summed E-state index contributed by atoms with van der Waals surface area (Å²) in [6.07, 6.45) is -0.388. The van der Waals surface area contributed by atoms with Gasteiger partial charge >= 0.3 is 5.97 Å². The van der Waals surface area contributed by atoms with Gasteiger partial charge in [0.1, 0.15) is 0 Å². The van der Waals surface area contributed by atoms with Gasteiger partial charge in [0, 0.05) is 17.8 Å². The van der Waals surface area contributed by atoms with Crippen molar-refractivity contribution in [2.75, 3.05) is 11.9 Å². The molecule has 0 N–H and O–H groups in total. The molecule has 1 unspecified atom stereocenters. The van der Waals surface area contributed by atoms with Gasteiger partial charge in [0.2, 0.25) is 0 Å². The predicted octanol–water partition coefficient (Wildman–Crippen LogP) is 3.98. The Balaban J connectivity index is 2.05. The van der Waals surface area contributed by atoms with Gasteiger partial charge in [-0.3, -0.25) is 0 Å². The molecule has 0 saturated carbocycles. The lowest BCUT2D eigenvalue weighted by atomic mass is 10.2. The maximum absolute atomic E-state index is 12.0. The molecular formula is C16H16ClNO2. The molecule has 0 aliphatic rings. The van der Waals surface area contributed by atoms with Crippen LogP contribution < -0.4 is 4.90 Å². The van der Waals surface area contributed by atoms with Gasteiger partial charge in [-0.2, -0.15) is 0 Å². The fourth-order valence-electron chi connectivity index (χ4n) is 1.78. The van der Waals surface area contributed by atoms with Gasteiger partial charge in [-0.1, -0.05) is 35.9 Å². The van der Waals surface area contributed by atoms with Crippen molar-refractivity contribution in [1.82, 2.24) is 0 Å². The molecule has 0 fully saturated rings. The number of esters is 1. The summed E-state index contributed by atoms with van der Waals surface area (Å²) in [6, 6.07) is 16.3. The van der Waals surface area contributed by atoms with E-state index >= 15 is 0 Å². The fraction of sp³-hybridized carbons (Fsp3) is 0.188. The molecule has 0 bridgehead atoms. The number of hydrogen-bond donors (Lipinski definition) is 0. The van der Waals surface area contributed by atoms with Crippen molar-refractivity contribution in [3.05, 3.63) is 65.2 Å². The Morgan fingerprint density at radius 3 is 2.50 bits per heavy atom. The Morgan fingerprint density at radius 2 is 1.85 bits per heavy atom. The smallest absolute Gasteiger partial charge is 0.340 e. The van der Waals surface area contributed by atoms with Crippen molar-refractivity contribution in [2.45, 2.75) is 13.2 Å². The van der Waals surface area contributed by atoms with Crippen molar-refractivity contribution < 1.29 is 9.53 Å². The molecule has 2 rings (SSSR count). The highest BCUT2D eigenvalue weighted by atomic mass is 35.5. The lowest BCUT2D eigenvalue weighted by Crippen LogP contribution is -2.33. The van der Waals surface area contributed by atoms with Crippen LogP contribution in [0.2, 0.25) is 5.02 Å². The average molecular weight is 290 g/mol. The molecule has 0 spiro atoms. The third-order valence-electron chi connectivity index (χ3n) is 3.05. The molecule has 0 radical (unpaired) electrons. The molecule has 4 heteroatoms. The summed E-state index contributed by atoms with van der Waals surface area (Å²) < 4.78 is 5.44. The topological polar surface area (TPSA) is 29.5 Å². The molecule has 3 nitrogen and oxygen atoms in total. The van der Waals surface area contributed by atoms with Crippen molar-refractivity contribution in [1.29, 1.82) is 0 Å². The number of halogens is 1. The van der Waals surface area contributed by atoms with Gasteiger partial charge < -0.3 is 9.64 Å². The number of rotatable bonds is 4. The van der Waals surface area contributed by atoms with E-state index in [1.54, 1.807) is 18.2 Å². The second-order valence-corrected chi connectivity index (χ2v) is 4.90. The number of anilines is 1. The summed E-state index contributed by atoms with van der Waals surface area (Å²) in [7, 11) is 1.86. The molecule has 1 atom stereocenters. The van der Waals surface area contributed by atoms with Gasteiger partial charge in [-0.15, -0.1) is 0 Å². The molecule has 2 aromatic carbocycles. The highest BCUT2D eigenvalue weighted by Gasteiger charge is 2.16. The van der Waals surface area contributed by atoms with E-state index in [4.69, 9.17) is 16.3 Å². The first kappa shape index (κ1) is 14.4. The van der Waals surface area contributed by atoms with Crippen LogP contribution in [0.25, 0.3) is 0 Å². The van der Waals surface area contributed by atoms with E-state index in [1.807, 2.05) is 55.3 Å². The fourth-order valence-corrected chi connectivity index (χ4v) is 1.97. The maximum Gasteiger partial charge on any atom is 0.340 e. The molecule has 0 amide bonds. The third kappa shape index (κ3) is 3.52. The van der Waals surface area contributed by atoms with Crippen LogP contribution in [0, 0.1) is 0 Å². The van der Waals surface area contributed by atoms with E-state index in [1.165, 1.54) is 0 Å². The lowest BCUT2D eigenvalue weighted by molar-refractivity contribution is 0.0344. The van der Waals surface area contributed by atoms with Crippen LogP contribution in [-0.4, -0.2) is 19.2 Å². The van der Waals surface area contributed by atoms with Gasteiger partial charge in [0.25, 0.3) is 0 Å². The number of carbonyl (C=O) groups is 1. The van der Waals surface area contributed by atoms with Crippen LogP contribution in [0.15, 0.2) is 54.6 Å². The number of ether oxygens (including phenoxy) is 1. The monoisotopic (exact) mass is 289 g/mol. The molecule has 0 aliphatic carbocycles. The number of benzene rings is 2. The van der Waals surface area contributed by atoms with Crippen LogP contribution in [0.3, 0.4) is 0 Å². The molecule has 0 aliphatic heterocycles. The molecule has 0 saturated heterocycles. The van der Waals surface area contributed by atoms with Crippen LogP contribution >= 0.6 is 11.6 Å². The molecular weight excluding hydrogens is 274 g/mol. The zero-order valence-corrected chi connectivity index (χ0v) is 12.2. The molecule has 2 aromatic rings. The summed E-state index contributed by atoms with van der Waals surface area (Å²) in [5.74, 6) is -0.341. The normalized spacial score (nSPS) is 11.8. The van der Waals surface area contributed by atoms with Crippen LogP contribution in [-0.2, 0) is 4.74 Å². The van der Waals surface area contributed by atoms with Crippen LogP contribution in [0.1, 0.15) is 17.3 Å². The Hall–Kier alpha value is -2.00. The number of hydrogen-bond acceptors (Lipinski definition) is 3. The van der Waals surface area contributed by atoms with E-state index in [-0.39, 0.29) is 12.2 Å². The minimum absolute atomic E-state index is 0.341. The zero-order valence-electron chi connectivity index (χ0n) is 11.4. The summed E-state index contributed by atoms with van der Waals surface area (Å²) >= 11 is 5.96. The van der Waals surface area contributed by atoms with Crippen molar-refractivity contribution in [2.24, 2.45) is 0 Å². The average Bonchev–Trinajstić information content (AvgIpc) is 2.47. The SMILES string of the molecule is CC(OC(=O)c1ccccc1)N(C)c1cccc(Cl)c1. The molecule has 104 valence electrons. The van der Waals surface area contributed by atoms with Gasteiger partial charge in [0.05, 0.1) is 5.56 Å². The number of nitrogens with zero attached hydrogens (tertiary/aromatic N) is 1. The summed E-state index contributed by atoms with van der Waals surface area (Å²) in [5, 5.41) is 0.649. The molecule has 20 heavy (non-hydrogen) atoms. The van der Waals surface area contributed by atoms with Gasteiger partial charge in [0.15, 0.2) is 6.23 Å². The highest BCUT2D eigenvalue weighted by Crippen LogP contribution is 2.20. The van der Waals surface area contributed by atoms with E-state index < -0.39 is 0 Å². The largest absolute Gasteiger partial charge is 0.438 e. The second kappa shape index (κ2) is 6.44.